The second-order valence-corrected chi connectivity index (χ2v) is 8.33. The molecule has 1 fully saturated rings. The van der Waals surface area contributed by atoms with Gasteiger partial charge in [0.1, 0.15) is 34.2 Å². The van der Waals surface area contributed by atoms with Crippen molar-refractivity contribution < 1.29 is 24.3 Å². The monoisotopic (exact) mass is 437 g/mol. The van der Waals surface area contributed by atoms with Gasteiger partial charge in [-0.2, -0.15) is 5.26 Å². The van der Waals surface area contributed by atoms with Crippen molar-refractivity contribution in [2.75, 3.05) is 18.0 Å². The van der Waals surface area contributed by atoms with E-state index >= 15 is 0 Å². The molecule has 4 N–H and O–H groups in total. The lowest BCUT2D eigenvalue weighted by molar-refractivity contribution is -0.244. The highest BCUT2D eigenvalue weighted by molar-refractivity contribution is 7.87. The average molecular weight is 438 g/mol. The molecule has 1 aliphatic heterocycles. The van der Waals surface area contributed by atoms with Gasteiger partial charge in [0, 0.05) is 18.8 Å². The van der Waals surface area contributed by atoms with Crippen molar-refractivity contribution in [2.24, 2.45) is 0 Å². The number of rotatable bonds is 8. The highest BCUT2D eigenvalue weighted by atomic mass is 32.2. The van der Waals surface area contributed by atoms with E-state index in [0.29, 0.717) is 12.0 Å². The first-order valence-electron chi connectivity index (χ1n) is 10.1. The van der Waals surface area contributed by atoms with Crippen LogP contribution < -0.4 is 9.62 Å². The van der Waals surface area contributed by atoms with Gasteiger partial charge in [0.05, 0.1) is 12.1 Å². The first-order valence-corrected chi connectivity index (χ1v) is 11.3. The van der Waals surface area contributed by atoms with Crippen LogP contribution in [-0.2, 0) is 15.7 Å². The van der Waals surface area contributed by atoms with Crippen molar-refractivity contribution in [3.63, 3.8) is 0 Å². The molecule has 0 radical (unpaired) electrons. The maximum absolute atomic E-state index is 12.8. The number of aliphatic hydroxyl groups excluding tert-OH is 3. The molecule has 0 amide bonds. The predicted octanol–water partition coefficient (Wildman–Crippen LogP) is 1.26. The number of hydrogen-bond acceptors (Lipinski definition) is 7. The van der Waals surface area contributed by atoms with E-state index in [0.717, 1.165) is 24.3 Å². The fourth-order valence-electron chi connectivity index (χ4n) is 3.50. The van der Waals surface area contributed by atoms with E-state index < -0.39 is 41.6 Å². The number of aliphatic hydroxyl groups is 3. The molecule has 1 aromatic carbocycles. The molecule has 1 heterocycles. The average Bonchev–Trinajstić information content (AvgIpc) is 2.75. The minimum Gasteiger partial charge on any atom is -0.388 e. The third kappa shape index (κ3) is 5.27. The van der Waals surface area contributed by atoms with Crippen LogP contribution in [0.2, 0.25) is 0 Å². The van der Waals surface area contributed by atoms with Crippen LogP contribution in [0.5, 0.6) is 0 Å². The number of nitrogens with zero attached hydrogens (tertiary/aromatic N) is 2. The van der Waals surface area contributed by atoms with Crippen molar-refractivity contribution >= 4 is 22.2 Å². The molecule has 30 heavy (non-hydrogen) atoms. The van der Waals surface area contributed by atoms with Crippen LogP contribution in [0, 0.1) is 11.3 Å². The molecule has 2 unspecified atom stereocenters. The Labute approximate surface area is 180 Å². The number of ether oxygens (including phenoxy) is 1. The molecule has 1 saturated heterocycles. The van der Waals surface area contributed by atoms with Crippen LogP contribution in [-0.4, -0.2) is 63.3 Å². The Morgan fingerprint density at radius 3 is 2.27 bits per heavy atom. The lowest BCUT2D eigenvalue weighted by atomic mass is 9.96. The number of benzene rings is 1. The summed E-state index contributed by atoms with van der Waals surface area (Å²) in [6.45, 7) is 9.34. The second-order valence-electron chi connectivity index (χ2n) is 7.15. The van der Waals surface area contributed by atoms with Gasteiger partial charge < -0.3 is 25.0 Å². The summed E-state index contributed by atoms with van der Waals surface area (Å²) in [5.74, 6) is 0. The summed E-state index contributed by atoms with van der Waals surface area (Å²) in [6, 6.07) is 8.36. The normalized spacial score (nSPS) is 28.4. The Kier molecular flexibility index (Phi) is 8.97. The van der Waals surface area contributed by atoms with Crippen LogP contribution in [0.3, 0.4) is 0 Å². The van der Waals surface area contributed by atoms with Gasteiger partial charge in [0.2, 0.25) is 0 Å². The van der Waals surface area contributed by atoms with Gasteiger partial charge in [0.15, 0.2) is 6.29 Å². The largest absolute Gasteiger partial charge is 0.388 e. The molecule has 9 heteroatoms. The van der Waals surface area contributed by atoms with Crippen LogP contribution >= 0.6 is 0 Å². The fourth-order valence-corrected chi connectivity index (χ4v) is 4.60. The van der Waals surface area contributed by atoms with Crippen LogP contribution in [0.15, 0.2) is 29.2 Å². The number of nitriles is 1. The van der Waals surface area contributed by atoms with Crippen LogP contribution in [0.4, 0.5) is 5.69 Å². The van der Waals surface area contributed by atoms with Crippen molar-refractivity contribution in [1.82, 2.24) is 4.72 Å². The number of nitrogens with one attached hydrogen (secondary N) is 1. The Morgan fingerprint density at radius 1 is 1.17 bits per heavy atom. The molecule has 0 saturated carbocycles. The maximum Gasteiger partial charge on any atom is 0.174 e. The Bertz CT molecular complexity index is 804. The van der Waals surface area contributed by atoms with Crippen LogP contribution in [0.25, 0.3) is 5.57 Å². The predicted molar refractivity (Wildman–Crippen MR) is 116 cm³/mol. The van der Waals surface area contributed by atoms with E-state index in [9.17, 15) is 24.8 Å². The summed E-state index contributed by atoms with van der Waals surface area (Å²) in [5, 5.41) is 40.2. The maximum atomic E-state index is 12.8. The number of anilines is 1. The minimum absolute atomic E-state index is 0.0305. The van der Waals surface area contributed by atoms with Gasteiger partial charge in [-0.1, -0.05) is 19.1 Å². The molecule has 6 atom stereocenters. The Hall–Kier alpha value is -1.80. The summed E-state index contributed by atoms with van der Waals surface area (Å²) in [7, 11) is -2.03. The second kappa shape index (κ2) is 11.0. The number of hydrogen-bond donors (Lipinski definition) is 4. The smallest absolute Gasteiger partial charge is 0.174 e. The quantitative estimate of drug-likeness (QED) is 0.451. The standard InChI is InChI=1S/C21H31N3O5S/c1-5-16-19(25)20(26)18(21(27)29-16)23-30(28)17(12-22)13(4)14-8-10-15(11-9-14)24(6-2)7-3/h8-11,16,18-21,23,25-27H,5-7H2,1-4H3/b17-13+/t16-,18-,19-,20-,21?,30?/m1/s1. The molecule has 1 aliphatic rings. The zero-order valence-electron chi connectivity index (χ0n) is 17.8. The Morgan fingerprint density at radius 2 is 1.77 bits per heavy atom. The van der Waals surface area contributed by atoms with Crippen molar-refractivity contribution in [3.05, 3.63) is 34.7 Å². The third-order valence-corrected chi connectivity index (χ3v) is 6.68. The number of allylic oxidation sites excluding steroid dienone is 2. The zero-order chi connectivity index (χ0) is 22.4. The molecule has 8 nitrogen and oxygen atoms in total. The highest BCUT2D eigenvalue weighted by Gasteiger charge is 2.44. The zero-order valence-corrected chi connectivity index (χ0v) is 18.6. The van der Waals surface area contributed by atoms with Gasteiger partial charge >= 0.3 is 0 Å². The van der Waals surface area contributed by atoms with Gasteiger partial charge in [0.25, 0.3) is 0 Å². The Balaban J connectivity index is 2.22. The van der Waals surface area contributed by atoms with Crippen molar-refractivity contribution in [1.29, 1.82) is 5.26 Å². The molecule has 1 aromatic rings. The molecular weight excluding hydrogens is 406 g/mol. The van der Waals surface area contributed by atoms with Gasteiger partial charge in [-0.15, -0.1) is 0 Å². The topological polar surface area (TPSA) is 126 Å². The molecule has 0 spiro atoms. The van der Waals surface area contributed by atoms with Gasteiger partial charge in [-0.3, -0.25) is 0 Å². The van der Waals surface area contributed by atoms with E-state index in [2.05, 4.69) is 23.5 Å². The summed E-state index contributed by atoms with van der Waals surface area (Å²) in [4.78, 5) is 2.16. The molecule has 0 aliphatic carbocycles. The summed E-state index contributed by atoms with van der Waals surface area (Å²) >= 11 is 0. The fraction of sp³-hybridized carbons (Fsp3) is 0.571. The molecule has 0 aromatic heterocycles. The first kappa shape index (κ1) is 24.5. The van der Waals surface area contributed by atoms with Crippen molar-refractivity contribution in [3.8, 4) is 6.07 Å². The molecular formula is C21H31N3O5S. The SMILES string of the molecule is CC[C@H]1OC(O)[C@H](NS(=O)/C(C#N)=C(\C)c2ccc(N(CC)CC)cc2)[C@@H](O)[C@@H]1O. The van der Waals surface area contributed by atoms with Crippen LogP contribution in [0.1, 0.15) is 39.7 Å². The van der Waals surface area contributed by atoms with Gasteiger partial charge in [-0.25, -0.2) is 8.93 Å². The molecule has 166 valence electrons. The minimum atomic E-state index is -2.03. The van der Waals surface area contributed by atoms with E-state index in [4.69, 9.17) is 4.74 Å². The lowest BCUT2D eigenvalue weighted by Gasteiger charge is -2.40. The molecule has 0 bridgehead atoms. The molecule has 2 rings (SSSR count). The van der Waals surface area contributed by atoms with E-state index in [1.165, 1.54) is 0 Å². The van der Waals surface area contributed by atoms with E-state index in [1.54, 1.807) is 13.8 Å². The summed E-state index contributed by atoms with van der Waals surface area (Å²) in [5.41, 5.74) is 2.31. The summed E-state index contributed by atoms with van der Waals surface area (Å²) in [6.07, 6.45) is -4.42. The van der Waals surface area contributed by atoms with E-state index in [-0.39, 0.29) is 4.91 Å². The lowest BCUT2D eigenvalue weighted by Crippen LogP contribution is -2.62. The summed E-state index contributed by atoms with van der Waals surface area (Å²) < 4.78 is 20.7. The third-order valence-electron chi connectivity index (χ3n) is 5.42. The highest BCUT2D eigenvalue weighted by Crippen LogP contribution is 2.26. The van der Waals surface area contributed by atoms with Gasteiger partial charge in [-0.05, 0) is 50.5 Å². The van der Waals surface area contributed by atoms with E-state index in [1.807, 2.05) is 30.3 Å². The van der Waals surface area contributed by atoms with Crippen molar-refractivity contribution in [2.45, 2.75) is 64.8 Å². The first-order chi connectivity index (χ1) is 14.3.